The maximum absolute atomic E-state index is 5.56. The van der Waals surface area contributed by atoms with Crippen molar-refractivity contribution >= 4 is 0 Å². The predicted molar refractivity (Wildman–Crippen MR) is 40.9 cm³/mol. The summed E-state index contributed by atoms with van der Waals surface area (Å²) in [6, 6.07) is 0. The van der Waals surface area contributed by atoms with E-state index in [9.17, 15) is 0 Å². The fraction of sp³-hybridized carbons (Fsp3) is 1.00. The van der Waals surface area contributed by atoms with Crippen LogP contribution < -0.4 is 0 Å². The van der Waals surface area contributed by atoms with Crippen molar-refractivity contribution in [3.63, 3.8) is 0 Å². The van der Waals surface area contributed by atoms with Gasteiger partial charge in [0.05, 0.1) is 12.2 Å². The highest BCUT2D eigenvalue weighted by Gasteiger charge is 2.54. The van der Waals surface area contributed by atoms with E-state index in [4.69, 9.17) is 4.74 Å². The van der Waals surface area contributed by atoms with Gasteiger partial charge in [-0.3, -0.25) is 0 Å². The van der Waals surface area contributed by atoms with E-state index in [1.165, 1.54) is 19.3 Å². The minimum absolute atomic E-state index is 0.345. The molecule has 10 heavy (non-hydrogen) atoms. The second kappa shape index (κ2) is 1.97. The van der Waals surface area contributed by atoms with E-state index in [1.54, 1.807) is 0 Å². The molecule has 2 fully saturated rings. The maximum Gasteiger partial charge on any atom is 0.0967 e. The van der Waals surface area contributed by atoms with Gasteiger partial charge in [0.2, 0.25) is 0 Å². The van der Waals surface area contributed by atoms with Crippen LogP contribution in [0.4, 0.5) is 0 Å². The lowest BCUT2D eigenvalue weighted by Crippen LogP contribution is -2.33. The fourth-order valence-electron chi connectivity index (χ4n) is 2.36. The topological polar surface area (TPSA) is 12.5 Å². The predicted octanol–water partition coefficient (Wildman–Crippen LogP) is 2.21. The molecule has 1 heterocycles. The third kappa shape index (κ3) is 0.731. The monoisotopic (exact) mass is 140 g/mol. The molecule has 0 N–H and O–H groups in total. The van der Waals surface area contributed by atoms with Crippen molar-refractivity contribution in [3.8, 4) is 0 Å². The first-order valence-corrected chi connectivity index (χ1v) is 4.39. The Morgan fingerprint density at radius 2 is 1.70 bits per heavy atom. The van der Waals surface area contributed by atoms with Gasteiger partial charge in [-0.15, -0.1) is 0 Å². The lowest BCUT2D eigenvalue weighted by atomic mass is 9.74. The Hall–Kier alpha value is -0.0400. The number of ether oxygens (including phenoxy) is 1. The molecule has 1 nitrogen and oxygen atoms in total. The van der Waals surface area contributed by atoms with Gasteiger partial charge in [0.1, 0.15) is 0 Å². The first-order chi connectivity index (χ1) is 4.76. The molecule has 1 aliphatic heterocycles. The highest BCUT2D eigenvalue weighted by atomic mass is 16.6. The van der Waals surface area contributed by atoms with Crippen molar-refractivity contribution in [2.24, 2.45) is 11.8 Å². The molecule has 1 heteroatoms. The molecule has 1 aliphatic carbocycles. The molecule has 1 saturated heterocycles. The standard InChI is InChI=1S/C9H16O/c1-7-4-3-5-8(2)9(7)6-10-9/h7-8H,3-6H2,1-2H3/t7-,8-/m1/s1. The largest absolute Gasteiger partial charge is 0.369 e. The molecule has 2 atom stereocenters. The Labute approximate surface area is 62.8 Å². The normalized spacial score (nSPS) is 43.8. The van der Waals surface area contributed by atoms with Crippen LogP contribution in [0, 0.1) is 11.8 Å². The molecule has 0 amide bonds. The first-order valence-electron chi connectivity index (χ1n) is 4.39. The average Bonchev–Trinajstić information content (AvgIpc) is 2.64. The van der Waals surface area contributed by atoms with Crippen LogP contribution in [0.3, 0.4) is 0 Å². The molecule has 0 bridgehead atoms. The lowest BCUT2D eigenvalue weighted by molar-refractivity contribution is 0.114. The van der Waals surface area contributed by atoms with Gasteiger partial charge >= 0.3 is 0 Å². The van der Waals surface area contributed by atoms with E-state index in [1.807, 2.05) is 0 Å². The number of rotatable bonds is 0. The minimum atomic E-state index is 0.345. The molecule has 0 unspecified atom stereocenters. The van der Waals surface area contributed by atoms with Gasteiger partial charge in [-0.05, 0) is 24.7 Å². The fourth-order valence-corrected chi connectivity index (χ4v) is 2.36. The third-order valence-corrected chi connectivity index (χ3v) is 3.42. The Kier molecular flexibility index (Phi) is 1.31. The van der Waals surface area contributed by atoms with Crippen LogP contribution in [-0.4, -0.2) is 12.2 Å². The van der Waals surface area contributed by atoms with Crippen LogP contribution in [0.15, 0.2) is 0 Å². The highest BCUT2D eigenvalue weighted by molar-refractivity contribution is 5.02. The van der Waals surface area contributed by atoms with Gasteiger partial charge in [0.15, 0.2) is 0 Å². The van der Waals surface area contributed by atoms with Crippen molar-refractivity contribution < 1.29 is 4.74 Å². The summed E-state index contributed by atoms with van der Waals surface area (Å²) in [6.07, 6.45) is 4.17. The number of epoxide rings is 1. The zero-order valence-electron chi connectivity index (χ0n) is 6.89. The van der Waals surface area contributed by atoms with Gasteiger partial charge in [0.25, 0.3) is 0 Å². The molecule has 0 aromatic carbocycles. The minimum Gasteiger partial charge on any atom is -0.369 e. The summed E-state index contributed by atoms with van der Waals surface area (Å²) >= 11 is 0. The molecule has 1 saturated carbocycles. The van der Waals surface area contributed by atoms with Crippen molar-refractivity contribution in [3.05, 3.63) is 0 Å². The lowest BCUT2D eigenvalue weighted by Gasteiger charge is -2.31. The molecule has 0 aromatic heterocycles. The quantitative estimate of drug-likeness (QED) is 0.470. The van der Waals surface area contributed by atoms with Crippen LogP contribution >= 0.6 is 0 Å². The van der Waals surface area contributed by atoms with Crippen LogP contribution in [-0.2, 0) is 4.74 Å². The zero-order valence-corrected chi connectivity index (χ0v) is 6.89. The molecule has 1 spiro atoms. The van der Waals surface area contributed by atoms with E-state index in [2.05, 4.69) is 13.8 Å². The molecule has 58 valence electrons. The second-order valence-corrected chi connectivity index (χ2v) is 3.98. The second-order valence-electron chi connectivity index (χ2n) is 3.98. The SMILES string of the molecule is C[C@@H]1CCC[C@@H](C)C12CO2. The summed E-state index contributed by atoms with van der Waals surface area (Å²) in [7, 11) is 0. The van der Waals surface area contributed by atoms with Crippen LogP contribution in [0.25, 0.3) is 0 Å². The molecular formula is C9H16O. The Balaban J connectivity index is 2.11. The summed E-state index contributed by atoms with van der Waals surface area (Å²) in [6.45, 7) is 5.71. The van der Waals surface area contributed by atoms with E-state index in [0.29, 0.717) is 5.60 Å². The van der Waals surface area contributed by atoms with Gasteiger partial charge < -0.3 is 4.74 Å². The van der Waals surface area contributed by atoms with E-state index in [0.717, 1.165) is 18.4 Å². The average molecular weight is 140 g/mol. The van der Waals surface area contributed by atoms with Crippen LogP contribution in [0.5, 0.6) is 0 Å². The molecular weight excluding hydrogens is 124 g/mol. The van der Waals surface area contributed by atoms with Crippen LogP contribution in [0.1, 0.15) is 33.1 Å². The molecule has 2 aliphatic rings. The van der Waals surface area contributed by atoms with Crippen LogP contribution in [0.2, 0.25) is 0 Å². The van der Waals surface area contributed by atoms with Crippen molar-refractivity contribution in [1.29, 1.82) is 0 Å². The number of hydrogen-bond acceptors (Lipinski definition) is 1. The zero-order chi connectivity index (χ0) is 7.19. The third-order valence-electron chi connectivity index (χ3n) is 3.42. The first kappa shape index (κ1) is 6.66. The summed E-state index contributed by atoms with van der Waals surface area (Å²) in [5.41, 5.74) is 0.345. The summed E-state index contributed by atoms with van der Waals surface area (Å²) in [5, 5.41) is 0. The number of hydrogen-bond donors (Lipinski definition) is 0. The van der Waals surface area contributed by atoms with Gasteiger partial charge in [-0.1, -0.05) is 20.3 Å². The summed E-state index contributed by atoms with van der Waals surface area (Å²) in [5.74, 6) is 1.63. The van der Waals surface area contributed by atoms with Crippen molar-refractivity contribution in [1.82, 2.24) is 0 Å². The van der Waals surface area contributed by atoms with Crippen molar-refractivity contribution in [2.45, 2.75) is 38.7 Å². The van der Waals surface area contributed by atoms with Crippen molar-refractivity contribution in [2.75, 3.05) is 6.61 Å². The van der Waals surface area contributed by atoms with E-state index >= 15 is 0 Å². The Morgan fingerprint density at radius 1 is 1.20 bits per heavy atom. The van der Waals surface area contributed by atoms with Gasteiger partial charge in [0, 0.05) is 0 Å². The van der Waals surface area contributed by atoms with E-state index in [-0.39, 0.29) is 0 Å². The Morgan fingerprint density at radius 3 is 2.00 bits per heavy atom. The van der Waals surface area contributed by atoms with Gasteiger partial charge in [-0.2, -0.15) is 0 Å². The smallest absolute Gasteiger partial charge is 0.0967 e. The summed E-state index contributed by atoms with van der Waals surface area (Å²) in [4.78, 5) is 0. The Bertz CT molecular complexity index is 126. The highest BCUT2D eigenvalue weighted by Crippen LogP contribution is 2.49. The maximum atomic E-state index is 5.56. The van der Waals surface area contributed by atoms with E-state index < -0.39 is 0 Å². The molecule has 2 rings (SSSR count). The molecule has 0 aromatic rings. The van der Waals surface area contributed by atoms with Gasteiger partial charge in [-0.25, -0.2) is 0 Å². The summed E-state index contributed by atoms with van der Waals surface area (Å²) < 4.78 is 5.56. The molecule has 0 radical (unpaired) electrons.